The molecule has 198 valence electrons. The average molecular weight is 539 g/mol. The van der Waals surface area contributed by atoms with Crippen LogP contribution < -0.4 is 10.1 Å². The van der Waals surface area contributed by atoms with Crippen molar-refractivity contribution in [3.8, 4) is 5.19 Å². The Morgan fingerprint density at radius 1 is 1.17 bits per heavy atom. The lowest BCUT2D eigenvalue weighted by molar-refractivity contribution is -0.121. The van der Waals surface area contributed by atoms with E-state index in [1.165, 1.54) is 24.1 Å². The number of nitrogens with one attached hydrogen (secondary N) is 1. The first-order valence-electron chi connectivity index (χ1n) is 13.2. The second-order valence-electron chi connectivity index (χ2n) is 10.7. The normalized spacial score (nSPS) is 24.5. The molecule has 3 aliphatic rings. The van der Waals surface area contributed by atoms with Crippen LogP contribution in [-0.4, -0.2) is 59.0 Å². The van der Waals surface area contributed by atoms with E-state index in [9.17, 15) is 13.6 Å². The molecule has 36 heavy (non-hydrogen) atoms. The van der Waals surface area contributed by atoms with E-state index in [0.29, 0.717) is 24.3 Å². The highest BCUT2D eigenvalue weighted by Crippen LogP contribution is 2.42. The summed E-state index contributed by atoms with van der Waals surface area (Å²) >= 11 is 3.19. The standard InChI is InChI=1S/C26H36F2N4O2S2/c1-17-29-15-21(35-17)12-24(33)30-20-4-2-18(3-5-20)6-9-32-10-7-22-23(8-11-32)36-25(31-22)34-16-19-13-26(27,28)14-19/h15,18-20H,2-14,16H2,1H3,(H,30,33). The lowest BCUT2D eigenvalue weighted by Gasteiger charge is -2.34. The minimum Gasteiger partial charge on any atom is -0.470 e. The molecule has 3 heterocycles. The number of rotatable bonds is 9. The molecule has 2 saturated carbocycles. The molecule has 1 aliphatic heterocycles. The van der Waals surface area contributed by atoms with E-state index >= 15 is 0 Å². The molecule has 0 radical (unpaired) electrons. The summed E-state index contributed by atoms with van der Waals surface area (Å²) in [5.41, 5.74) is 1.13. The Labute approximate surface area is 219 Å². The summed E-state index contributed by atoms with van der Waals surface area (Å²) in [6.07, 6.45) is 9.75. The zero-order chi connectivity index (χ0) is 25.1. The number of aromatic nitrogens is 2. The molecule has 2 aromatic heterocycles. The first-order valence-corrected chi connectivity index (χ1v) is 14.9. The molecule has 0 spiro atoms. The summed E-state index contributed by atoms with van der Waals surface area (Å²) in [7, 11) is 0. The van der Waals surface area contributed by atoms with Crippen molar-refractivity contribution < 1.29 is 18.3 Å². The Hall–Kier alpha value is -1.65. The summed E-state index contributed by atoms with van der Waals surface area (Å²) in [5.74, 6) is -1.69. The van der Waals surface area contributed by atoms with Crippen LogP contribution >= 0.6 is 22.7 Å². The van der Waals surface area contributed by atoms with Gasteiger partial charge < -0.3 is 15.0 Å². The Morgan fingerprint density at radius 2 is 1.94 bits per heavy atom. The Bertz CT molecular complexity index is 1000. The maximum Gasteiger partial charge on any atom is 0.273 e. The molecule has 0 bridgehead atoms. The quantitative estimate of drug-likeness (QED) is 0.485. The van der Waals surface area contributed by atoms with E-state index in [0.717, 1.165) is 66.8 Å². The number of carbonyl (C=O) groups excluding carboxylic acids is 1. The molecule has 1 N–H and O–H groups in total. The van der Waals surface area contributed by atoms with Crippen LogP contribution in [-0.2, 0) is 24.1 Å². The molecule has 0 atom stereocenters. The van der Waals surface area contributed by atoms with E-state index in [4.69, 9.17) is 4.74 Å². The Balaban J connectivity index is 0.973. The van der Waals surface area contributed by atoms with Crippen molar-refractivity contribution in [1.29, 1.82) is 0 Å². The Morgan fingerprint density at radius 3 is 2.67 bits per heavy atom. The van der Waals surface area contributed by atoms with Crippen molar-refractivity contribution in [2.24, 2.45) is 11.8 Å². The van der Waals surface area contributed by atoms with Crippen molar-refractivity contribution in [3.05, 3.63) is 26.7 Å². The third-order valence-electron chi connectivity index (χ3n) is 7.77. The SMILES string of the molecule is Cc1ncc(CC(=O)NC2CCC(CCN3CCc4nc(OCC5CC(F)(F)C5)sc4CC3)CC2)s1. The minimum absolute atomic E-state index is 0.0429. The van der Waals surface area contributed by atoms with Gasteiger partial charge in [0.2, 0.25) is 11.8 Å². The molecule has 2 aliphatic carbocycles. The third kappa shape index (κ3) is 7.01. The zero-order valence-corrected chi connectivity index (χ0v) is 22.6. The van der Waals surface area contributed by atoms with E-state index in [1.54, 1.807) is 22.7 Å². The average Bonchev–Trinajstić information content (AvgIpc) is 3.36. The lowest BCUT2D eigenvalue weighted by atomic mass is 9.82. The number of hydrogen-bond acceptors (Lipinski definition) is 7. The number of amides is 1. The van der Waals surface area contributed by atoms with Gasteiger partial charge in [0, 0.05) is 60.3 Å². The summed E-state index contributed by atoms with van der Waals surface area (Å²) in [5, 5.41) is 4.88. The number of fused-ring (bicyclic) bond motifs is 1. The fourth-order valence-corrected chi connectivity index (χ4v) is 7.39. The van der Waals surface area contributed by atoms with Crippen LogP contribution in [0.15, 0.2) is 6.20 Å². The van der Waals surface area contributed by atoms with Crippen LogP contribution in [0.5, 0.6) is 5.19 Å². The van der Waals surface area contributed by atoms with Gasteiger partial charge in [-0.05, 0) is 57.9 Å². The molecule has 5 rings (SSSR count). The highest BCUT2D eigenvalue weighted by atomic mass is 32.1. The van der Waals surface area contributed by atoms with Crippen LogP contribution in [0.3, 0.4) is 0 Å². The van der Waals surface area contributed by atoms with Crippen molar-refractivity contribution in [1.82, 2.24) is 20.2 Å². The van der Waals surface area contributed by atoms with Crippen LogP contribution in [0.2, 0.25) is 0 Å². The number of thiazole rings is 2. The number of hydrogen-bond donors (Lipinski definition) is 1. The second-order valence-corrected chi connectivity index (χ2v) is 13.1. The second kappa shape index (κ2) is 11.4. The Kier molecular flexibility index (Phi) is 8.22. The van der Waals surface area contributed by atoms with Crippen LogP contribution in [0.4, 0.5) is 8.78 Å². The smallest absolute Gasteiger partial charge is 0.273 e. The highest BCUT2D eigenvalue weighted by Gasteiger charge is 2.45. The van der Waals surface area contributed by atoms with Crippen LogP contribution in [0.1, 0.15) is 65.4 Å². The summed E-state index contributed by atoms with van der Waals surface area (Å²) < 4.78 is 31.8. The van der Waals surface area contributed by atoms with Gasteiger partial charge in [-0.2, -0.15) is 0 Å². The van der Waals surface area contributed by atoms with Crippen molar-refractivity contribution in [2.75, 3.05) is 26.2 Å². The predicted octanol–water partition coefficient (Wildman–Crippen LogP) is 5.04. The lowest BCUT2D eigenvalue weighted by Crippen LogP contribution is -2.39. The first-order chi connectivity index (χ1) is 17.3. The van der Waals surface area contributed by atoms with Gasteiger partial charge >= 0.3 is 0 Å². The molecular formula is C26H36F2N4O2S2. The largest absolute Gasteiger partial charge is 0.470 e. The molecule has 2 aromatic rings. The monoisotopic (exact) mass is 538 g/mol. The zero-order valence-electron chi connectivity index (χ0n) is 20.9. The molecule has 6 nitrogen and oxygen atoms in total. The van der Waals surface area contributed by atoms with Gasteiger partial charge in [0.15, 0.2) is 0 Å². The predicted molar refractivity (Wildman–Crippen MR) is 138 cm³/mol. The van der Waals surface area contributed by atoms with E-state index in [1.807, 2.05) is 13.1 Å². The van der Waals surface area contributed by atoms with Gasteiger partial charge in [-0.1, -0.05) is 11.3 Å². The summed E-state index contributed by atoms with van der Waals surface area (Å²) in [6.45, 7) is 5.47. The molecule has 1 amide bonds. The van der Waals surface area contributed by atoms with Crippen LogP contribution in [0.25, 0.3) is 0 Å². The van der Waals surface area contributed by atoms with Gasteiger partial charge in [0.1, 0.15) is 0 Å². The van der Waals surface area contributed by atoms with Gasteiger partial charge in [-0.3, -0.25) is 4.79 Å². The molecular weight excluding hydrogens is 502 g/mol. The number of ether oxygens (including phenoxy) is 1. The van der Waals surface area contributed by atoms with Gasteiger partial charge in [0.25, 0.3) is 5.19 Å². The summed E-state index contributed by atoms with van der Waals surface area (Å²) in [4.78, 5) is 26.1. The maximum absolute atomic E-state index is 13.0. The topological polar surface area (TPSA) is 67.4 Å². The van der Waals surface area contributed by atoms with Gasteiger partial charge in [-0.25, -0.2) is 18.7 Å². The number of aryl methyl sites for hydroxylation is 1. The molecule has 0 aromatic carbocycles. The number of carbonyl (C=O) groups is 1. The minimum atomic E-state index is -2.49. The fourth-order valence-electron chi connectivity index (χ4n) is 5.65. The van der Waals surface area contributed by atoms with E-state index in [2.05, 4.69) is 20.2 Å². The number of nitrogens with zero attached hydrogens (tertiary/aromatic N) is 3. The third-order valence-corrected chi connectivity index (χ3v) is 9.75. The van der Waals surface area contributed by atoms with E-state index < -0.39 is 5.92 Å². The van der Waals surface area contributed by atoms with E-state index in [-0.39, 0.29) is 24.7 Å². The summed E-state index contributed by atoms with van der Waals surface area (Å²) in [6, 6.07) is 0.306. The molecule has 0 saturated heterocycles. The van der Waals surface area contributed by atoms with Crippen LogP contribution in [0, 0.1) is 18.8 Å². The first kappa shape index (κ1) is 26.0. The van der Waals surface area contributed by atoms with Crippen molar-refractivity contribution >= 4 is 28.6 Å². The maximum atomic E-state index is 13.0. The molecule has 0 unspecified atom stereocenters. The van der Waals surface area contributed by atoms with Gasteiger partial charge in [0.05, 0.1) is 23.7 Å². The fraction of sp³-hybridized carbons (Fsp3) is 0.731. The molecule has 10 heteroatoms. The number of alkyl halides is 2. The van der Waals surface area contributed by atoms with Crippen molar-refractivity contribution in [3.63, 3.8) is 0 Å². The number of halogens is 2. The highest BCUT2D eigenvalue weighted by molar-refractivity contribution is 7.13. The van der Waals surface area contributed by atoms with Gasteiger partial charge in [-0.15, -0.1) is 11.3 Å². The molecule has 2 fully saturated rings. The van der Waals surface area contributed by atoms with Crippen molar-refractivity contribution in [2.45, 2.75) is 83.1 Å².